The first-order chi connectivity index (χ1) is 14.1. The summed E-state index contributed by atoms with van der Waals surface area (Å²) in [5.74, 6) is 0.701. The zero-order valence-corrected chi connectivity index (χ0v) is 17.6. The summed E-state index contributed by atoms with van der Waals surface area (Å²) in [7, 11) is 3.50. The molecule has 0 aliphatic carbocycles. The monoisotopic (exact) mass is 402 g/mol. The van der Waals surface area contributed by atoms with Crippen LogP contribution in [-0.2, 0) is 16.1 Å². The first-order valence-corrected chi connectivity index (χ1v) is 10.6. The maximum atomic E-state index is 11.9. The Morgan fingerprint density at radius 3 is 2.79 bits per heavy atom. The van der Waals surface area contributed by atoms with Gasteiger partial charge >= 0.3 is 0 Å². The number of amides is 1. The largest absolute Gasteiger partial charge is 0.376 e. The first kappa shape index (κ1) is 21.5. The summed E-state index contributed by atoms with van der Waals surface area (Å²) in [5, 5.41) is 6.90. The van der Waals surface area contributed by atoms with Gasteiger partial charge < -0.3 is 20.3 Å². The molecular weight excluding hydrogens is 368 g/mol. The van der Waals surface area contributed by atoms with Crippen LogP contribution in [-0.4, -0.2) is 85.7 Å². The van der Waals surface area contributed by atoms with Crippen LogP contribution in [0.4, 0.5) is 0 Å². The number of ether oxygens (including phenoxy) is 1. The molecular formula is C21H34N6O2. The fourth-order valence-corrected chi connectivity index (χ4v) is 3.61. The number of likely N-dealkylation sites (tertiary alicyclic amines) is 1. The van der Waals surface area contributed by atoms with Crippen molar-refractivity contribution in [3.05, 3.63) is 30.1 Å². The molecule has 29 heavy (non-hydrogen) atoms. The van der Waals surface area contributed by atoms with Gasteiger partial charge in [0.05, 0.1) is 11.8 Å². The number of hydrogen-bond acceptors (Lipinski definition) is 5. The lowest BCUT2D eigenvalue weighted by atomic mass is 10.0. The predicted molar refractivity (Wildman–Crippen MR) is 114 cm³/mol. The summed E-state index contributed by atoms with van der Waals surface area (Å²) in [6.45, 7) is 4.63. The van der Waals surface area contributed by atoms with Crippen molar-refractivity contribution in [2.24, 2.45) is 4.99 Å². The molecule has 0 bridgehead atoms. The molecule has 1 amide bonds. The lowest BCUT2D eigenvalue weighted by molar-refractivity contribution is -0.127. The molecule has 0 spiro atoms. The number of pyridine rings is 1. The molecule has 2 saturated heterocycles. The van der Waals surface area contributed by atoms with Crippen LogP contribution in [0, 0.1) is 0 Å². The molecule has 2 fully saturated rings. The number of hydrogen-bond donors (Lipinski definition) is 2. The number of rotatable bonds is 7. The Hall–Kier alpha value is -2.19. The third-order valence-electron chi connectivity index (χ3n) is 5.43. The highest BCUT2D eigenvalue weighted by Crippen LogP contribution is 2.13. The topological polar surface area (TPSA) is 82.1 Å². The SMILES string of the molecule is CN(C)C(=O)CN=C(NCC1CCCO1)NC1CCN(Cc2ccccn2)CC1. The maximum absolute atomic E-state index is 11.9. The lowest BCUT2D eigenvalue weighted by Gasteiger charge is -2.33. The third kappa shape index (κ3) is 7.29. The van der Waals surface area contributed by atoms with Gasteiger partial charge in [-0.05, 0) is 37.8 Å². The zero-order chi connectivity index (χ0) is 20.5. The van der Waals surface area contributed by atoms with E-state index in [4.69, 9.17) is 4.74 Å². The molecule has 3 rings (SSSR count). The summed E-state index contributed by atoms with van der Waals surface area (Å²) < 4.78 is 5.69. The van der Waals surface area contributed by atoms with Crippen molar-refractivity contribution in [3.8, 4) is 0 Å². The quantitative estimate of drug-likeness (QED) is 0.520. The van der Waals surface area contributed by atoms with Crippen molar-refractivity contribution >= 4 is 11.9 Å². The van der Waals surface area contributed by atoms with Gasteiger partial charge in [0.25, 0.3) is 0 Å². The minimum atomic E-state index is -0.00611. The lowest BCUT2D eigenvalue weighted by Crippen LogP contribution is -2.50. The number of carbonyl (C=O) groups excluding carboxylic acids is 1. The third-order valence-corrected chi connectivity index (χ3v) is 5.43. The first-order valence-electron chi connectivity index (χ1n) is 10.6. The number of piperidine rings is 1. The van der Waals surface area contributed by atoms with Gasteiger partial charge in [-0.2, -0.15) is 0 Å². The summed E-state index contributed by atoms with van der Waals surface area (Å²) in [4.78, 5) is 24.9. The zero-order valence-electron chi connectivity index (χ0n) is 17.6. The number of carbonyl (C=O) groups is 1. The van der Waals surface area contributed by atoms with Gasteiger partial charge in [-0.1, -0.05) is 6.07 Å². The molecule has 1 aromatic rings. The van der Waals surface area contributed by atoms with Gasteiger partial charge in [-0.25, -0.2) is 4.99 Å². The van der Waals surface area contributed by atoms with Gasteiger partial charge in [-0.3, -0.25) is 14.7 Å². The van der Waals surface area contributed by atoms with E-state index in [2.05, 4.69) is 31.6 Å². The summed E-state index contributed by atoms with van der Waals surface area (Å²) in [6, 6.07) is 6.41. The van der Waals surface area contributed by atoms with Crippen LogP contribution in [0.1, 0.15) is 31.4 Å². The number of nitrogens with zero attached hydrogens (tertiary/aromatic N) is 4. The van der Waals surface area contributed by atoms with Crippen LogP contribution in [0.5, 0.6) is 0 Å². The molecule has 8 nitrogen and oxygen atoms in total. The molecule has 1 aromatic heterocycles. The Balaban J connectivity index is 1.48. The Morgan fingerprint density at radius 2 is 2.14 bits per heavy atom. The van der Waals surface area contributed by atoms with E-state index in [-0.39, 0.29) is 18.6 Å². The van der Waals surface area contributed by atoms with E-state index >= 15 is 0 Å². The number of aromatic nitrogens is 1. The second kappa shape index (κ2) is 11.1. The molecule has 2 aliphatic rings. The molecule has 1 unspecified atom stereocenters. The van der Waals surface area contributed by atoms with Crippen molar-refractivity contribution in [1.82, 2.24) is 25.4 Å². The fraction of sp³-hybridized carbons (Fsp3) is 0.667. The summed E-state index contributed by atoms with van der Waals surface area (Å²) in [6.07, 6.45) is 6.33. The van der Waals surface area contributed by atoms with E-state index in [0.717, 1.165) is 64.2 Å². The van der Waals surface area contributed by atoms with E-state index in [0.29, 0.717) is 12.0 Å². The number of nitrogens with one attached hydrogen (secondary N) is 2. The van der Waals surface area contributed by atoms with Gasteiger partial charge in [0.15, 0.2) is 5.96 Å². The number of aliphatic imine (C=N–C) groups is 1. The fourth-order valence-electron chi connectivity index (χ4n) is 3.61. The maximum Gasteiger partial charge on any atom is 0.243 e. The number of likely N-dealkylation sites (N-methyl/N-ethyl adjacent to an activating group) is 1. The smallest absolute Gasteiger partial charge is 0.243 e. The Morgan fingerprint density at radius 1 is 1.31 bits per heavy atom. The Kier molecular flexibility index (Phi) is 8.25. The molecule has 0 aromatic carbocycles. The van der Waals surface area contributed by atoms with E-state index in [1.807, 2.05) is 18.3 Å². The summed E-state index contributed by atoms with van der Waals surface area (Å²) in [5.41, 5.74) is 1.11. The molecule has 0 saturated carbocycles. The van der Waals surface area contributed by atoms with Crippen LogP contribution in [0.3, 0.4) is 0 Å². The number of guanidine groups is 1. The minimum absolute atomic E-state index is 0.00611. The van der Waals surface area contributed by atoms with Crippen molar-refractivity contribution in [1.29, 1.82) is 0 Å². The highest BCUT2D eigenvalue weighted by molar-refractivity contribution is 5.84. The van der Waals surface area contributed by atoms with E-state index < -0.39 is 0 Å². The molecule has 160 valence electrons. The van der Waals surface area contributed by atoms with E-state index in [1.54, 1.807) is 19.0 Å². The van der Waals surface area contributed by atoms with Crippen LogP contribution in [0.25, 0.3) is 0 Å². The molecule has 3 heterocycles. The van der Waals surface area contributed by atoms with Crippen molar-refractivity contribution in [3.63, 3.8) is 0 Å². The van der Waals surface area contributed by atoms with Crippen LogP contribution < -0.4 is 10.6 Å². The van der Waals surface area contributed by atoms with Crippen LogP contribution in [0.15, 0.2) is 29.4 Å². The Bertz CT molecular complexity index is 652. The van der Waals surface area contributed by atoms with Crippen molar-refractivity contribution in [2.45, 2.75) is 44.4 Å². The standard InChI is InChI=1S/C21H34N6O2/c1-26(2)20(28)15-24-21(23-14-19-7-5-13-29-19)25-17-8-11-27(12-9-17)16-18-6-3-4-10-22-18/h3-4,6,10,17,19H,5,7-9,11-16H2,1-2H3,(H2,23,24,25). The minimum Gasteiger partial charge on any atom is -0.376 e. The molecule has 1 atom stereocenters. The normalized spacial score (nSPS) is 21.2. The Labute approximate surface area is 173 Å². The van der Waals surface area contributed by atoms with Crippen LogP contribution >= 0.6 is 0 Å². The highest BCUT2D eigenvalue weighted by Gasteiger charge is 2.21. The second-order valence-electron chi connectivity index (χ2n) is 7.98. The van der Waals surface area contributed by atoms with Crippen molar-refractivity contribution < 1.29 is 9.53 Å². The van der Waals surface area contributed by atoms with Gasteiger partial charge in [0.1, 0.15) is 6.54 Å². The molecule has 2 aliphatic heterocycles. The predicted octanol–water partition coefficient (Wildman–Crippen LogP) is 0.848. The van der Waals surface area contributed by atoms with E-state index in [1.165, 1.54) is 0 Å². The average Bonchev–Trinajstić information content (AvgIpc) is 3.25. The second-order valence-corrected chi connectivity index (χ2v) is 7.98. The van der Waals surface area contributed by atoms with Gasteiger partial charge in [0, 0.05) is 59.1 Å². The average molecular weight is 403 g/mol. The van der Waals surface area contributed by atoms with Gasteiger partial charge in [-0.15, -0.1) is 0 Å². The van der Waals surface area contributed by atoms with Crippen LogP contribution in [0.2, 0.25) is 0 Å². The van der Waals surface area contributed by atoms with Gasteiger partial charge in [0.2, 0.25) is 5.91 Å². The molecule has 0 radical (unpaired) electrons. The van der Waals surface area contributed by atoms with E-state index in [9.17, 15) is 4.79 Å². The highest BCUT2D eigenvalue weighted by atomic mass is 16.5. The summed E-state index contributed by atoms with van der Waals surface area (Å²) >= 11 is 0. The van der Waals surface area contributed by atoms with Crippen molar-refractivity contribution in [2.75, 3.05) is 46.9 Å². The molecule has 8 heteroatoms. The molecule has 2 N–H and O–H groups in total.